The van der Waals surface area contributed by atoms with Crippen LogP contribution < -0.4 is 11.1 Å². The Balaban J connectivity index is 0.00000124. The van der Waals surface area contributed by atoms with Gasteiger partial charge in [-0.2, -0.15) is 4.99 Å². The standard InChI is InChI=1S/C21H21N5O2.C2H6/c22-18(14-9-6-10-14)28-21(23)26-19-20(27)24-16-12-5-4-11-15(16)17(25-19)13-7-2-1-3-8-13;1-2/h1-5,7-8,11-12,14,19,22H,6,9-10H2,(H2,23,26)(H,24,27);1-2H3. The third kappa shape index (κ3) is 4.74. The SMILES string of the molecule is CC.N=C(O/C(N)=N/C1N=C(c2ccccc2)c2ccccc2NC1=O)C1CCC1. The number of para-hydroxylation sites is 1. The van der Waals surface area contributed by atoms with Crippen molar-refractivity contribution in [2.75, 3.05) is 5.32 Å². The number of nitrogens with zero attached hydrogens (tertiary/aromatic N) is 2. The van der Waals surface area contributed by atoms with Crippen molar-refractivity contribution in [1.82, 2.24) is 0 Å². The van der Waals surface area contributed by atoms with Gasteiger partial charge in [0.2, 0.25) is 6.17 Å². The quantitative estimate of drug-likeness (QED) is 0.531. The van der Waals surface area contributed by atoms with Crippen LogP contribution in [-0.4, -0.2) is 29.7 Å². The summed E-state index contributed by atoms with van der Waals surface area (Å²) in [5.41, 5.74) is 8.84. The van der Waals surface area contributed by atoms with E-state index in [1.807, 2.05) is 68.4 Å². The number of amidine groups is 1. The minimum atomic E-state index is -1.10. The molecule has 7 heteroatoms. The first kappa shape index (κ1) is 21.2. The molecule has 1 heterocycles. The van der Waals surface area contributed by atoms with Crippen LogP contribution in [0.25, 0.3) is 0 Å². The van der Waals surface area contributed by atoms with E-state index in [0.717, 1.165) is 30.4 Å². The van der Waals surface area contributed by atoms with Gasteiger partial charge in [-0.25, -0.2) is 4.99 Å². The Labute approximate surface area is 176 Å². The van der Waals surface area contributed by atoms with Crippen molar-refractivity contribution in [3.8, 4) is 0 Å². The summed E-state index contributed by atoms with van der Waals surface area (Å²) in [5.74, 6) is -0.221. The zero-order valence-electron chi connectivity index (χ0n) is 17.3. The molecule has 30 heavy (non-hydrogen) atoms. The molecule has 0 spiro atoms. The van der Waals surface area contributed by atoms with E-state index in [1.165, 1.54) is 0 Å². The van der Waals surface area contributed by atoms with Crippen molar-refractivity contribution in [3.05, 3.63) is 65.7 Å². The molecule has 0 saturated heterocycles. The van der Waals surface area contributed by atoms with Crippen LogP contribution in [0.5, 0.6) is 0 Å². The van der Waals surface area contributed by atoms with Gasteiger partial charge in [0.05, 0.1) is 11.4 Å². The van der Waals surface area contributed by atoms with Gasteiger partial charge in [0.15, 0.2) is 5.90 Å². The number of fused-ring (bicyclic) bond motifs is 1. The van der Waals surface area contributed by atoms with Crippen molar-refractivity contribution in [2.24, 2.45) is 21.6 Å². The van der Waals surface area contributed by atoms with Crippen LogP contribution in [0.15, 0.2) is 64.6 Å². The normalized spacial score (nSPS) is 18.5. The fourth-order valence-corrected chi connectivity index (χ4v) is 3.17. The van der Waals surface area contributed by atoms with Gasteiger partial charge in [0, 0.05) is 17.0 Å². The van der Waals surface area contributed by atoms with Crippen LogP contribution >= 0.6 is 0 Å². The Morgan fingerprint density at radius 3 is 2.47 bits per heavy atom. The number of nitrogens with two attached hydrogens (primary N) is 1. The number of hydrogen-bond donors (Lipinski definition) is 3. The van der Waals surface area contributed by atoms with Gasteiger partial charge < -0.3 is 15.8 Å². The van der Waals surface area contributed by atoms with Crippen LogP contribution in [0.4, 0.5) is 5.69 Å². The highest BCUT2D eigenvalue weighted by molar-refractivity contribution is 6.19. The number of amides is 1. The minimum Gasteiger partial charge on any atom is -0.412 e. The molecule has 0 radical (unpaired) electrons. The lowest BCUT2D eigenvalue weighted by molar-refractivity contribution is -0.117. The Kier molecular flexibility index (Phi) is 6.95. The molecule has 1 saturated carbocycles. The number of aliphatic imine (C=N–C) groups is 2. The fourth-order valence-electron chi connectivity index (χ4n) is 3.17. The summed E-state index contributed by atoms with van der Waals surface area (Å²) in [4.78, 5) is 21.4. The van der Waals surface area contributed by atoms with E-state index >= 15 is 0 Å². The number of carbonyl (C=O) groups is 1. The number of benzene rings is 2. The number of rotatable bonds is 3. The Bertz CT molecular complexity index is 965. The Morgan fingerprint density at radius 2 is 1.80 bits per heavy atom. The fraction of sp³-hybridized carbons (Fsp3) is 0.304. The molecule has 1 aliphatic heterocycles. The van der Waals surface area contributed by atoms with E-state index in [4.69, 9.17) is 15.9 Å². The second-order valence-electron chi connectivity index (χ2n) is 6.81. The molecule has 1 unspecified atom stereocenters. The summed E-state index contributed by atoms with van der Waals surface area (Å²) in [6, 6.07) is 16.9. The van der Waals surface area contributed by atoms with Gasteiger partial charge in [-0.1, -0.05) is 68.8 Å². The van der Waals surface area contributed by atoms with Crippen LogP contribution in [0.3, 0.4) is 0 Å². The van der Waals surface area contributed by atoms with E-state index < -0.39 is 12.1 Å². The zero-order valence-corrected chi connectivity index (χ0v) is 17.3. The summed E-state index contributed by atoms with van der Waals surface area (Å²) in [7, 11) is 0. The molecule has 0 bridgehead atoms. The third-order valence-corrected chi connectivity index (χ3v) is 4.91. The molecule has 1 amide bonds. The molecule has 156 valence electrons. The maximum Gasteiger partial charge on any atom is 0.291 e. The predicted molar refractivity (Wildman–Crippen MR) is 120 cm³/mol. The van der Waals surface area contributed by atoms with Gasteiger partial charge in [-0.3, -0.25) is 10.2 Å². The highest BCUT2D eigenvalue weighted by Gasteiger charge is 2.27. The van der Waals surface area contributed by atoms with Gasteiger partial charge in [-0.05, 0) is 18.9 Å². The van der Waals surface area contributed by atoms with Crippen LogP contribution in [0, 0.1) is 11.3 Å². The first-order chi connectivity index (χ1) is 14.6. The molecule has 1 atom stereocenters. The van der Waals surface area contributed by atoms with Crippen molar-refractivity contribution in [2.45, 2.75) is 39.3 Å². The lowest BCUT2D eigenvalue weighted by Gasteiger charge is -2.24. The summed E-state index contributed by atoms with van der Waals surface area (Å²) in [5, 5.41) is 10.8. The lowest BCUT2D eigenvalue weighted by atomic mass is 9.85. The van der Waals surface area contributed by atoms with Crippen LogP contribution in [-0.2, 0) is 9.53 Å². The second kappa shape index (κ2) is 9.82. The molecule has 4 N–H and O–H groups in total. The summed E-state index contributed by atoms with van der Waals surface area (Å²) >= 11 is 0. The highest BCUT2D eigenvalue weighted by atomic mass is 16.5. The predicted octanol–water partition coefficient (Wildman–Crippen LogP) is 3.94. The zero-order chi connectivity index (χ0) is 21.5. The highest BCUT2D eigenvalue weighted by Crippen LogP contribution is 2.28. The van der Waals surface area contributed by atoms with Gasteiger partial charge in [0.1, 0.15) is 0 Å². The maximum atomic E-state index is 12.7. The number of hydrogen-bond acceptors (Lipinski definition) is 5. The van der Waals surface area contributed by atoms with E-state index in [0.29, 0.717) is 11.4 Å². The molecule has 0 aromatic heterocycles. The van der Waals surface area contributed by atoms with E-state index in [2.05, 4.69) is 15.3 Å². The van der Waals surface area contributed by atoms with Crippen molar-refractivity contribution >= 4 is 29.2 Å². The van der Waals surface area contributed by atoms with Crippen molar-refractivity contribution in [3.63, 3.8) is 0 Å². The van der Waals surface area contributed by atoms with E-state index in [-0.39, 0.29) is 17.8 Å². The monoisotopic (exact) mass is 405 g/mol. The Hall–Kier alpha value is -3.48. The van der Waals surface area contributed by atoms with E-state index in [1.54, 1.807) is 0 Å². The first-order valence-corrected chi connectivity index (χ1v) is 10.2. The molecular formula is C23H27N5O2. The topological polar surface area (TPSA) is 113 Å². The molecule has 2 aromatic carbocycles. The van der Waals surface area contributed by atoms with Gasteiger partial charge in [-0.15, -0.1) is 0 Å². The molecule has 7 nitrogen and oxygen atoms in total. The molecule has 2 aromatic rings. The maximum absolute atomic E-state index is 12.7. The number of nitrogens with one attached hydrogen (secondary N) is 2. The summed E-state index contributed by atoms with van der Waals surface area (Å²) < 4.78 is 5.33. The van der Waals surface area contributed by atoms with Gasteiger partial charge >= 0.3 is 0 Å². The number of anilines is 1. The van der Waals surface area contributed by atoms with Crippen molar-refractivity contribution < 1.29 is 9.53 Å². The third-order valence-electron chi connectivity index (χ3n) is 4.91. The van der Waals surface area contributed by atoms with Crippen molar-refractivity contribution in [1.29, 1.82) is 5.41 Å². The molecule has 4 rings (SSSR count). The van der Waals surface area contributed by atoms with Gasteiger partial charge in [0.25, 0.3) is 11.9 Å². The average Bonchev–Trinajstić information content (AvgIpc) is 2.85. The average molecular weight is 406 g/mol. The molecular weight excluding hydrogens is 378 g/mol. The minimum absolute atomic E-state index is 0.0874. The summed E-state index contributed by atoms with van der Waals surface area (Å²) in [6.45, 7) is 4.00. The number of benzodiazepines with no additional fused rings is 1. The Morgan fingerprint density at radius 1 is 1.13 bits per heavy atom. The molecule has 1 fully saturated rings. The van der Waals surface area contributed by atoms with E-state index in [9.17, 15) is 4.79 Å². The number of carbonyl (C=O) groups excluding carboxylic acids is 1. The first-order valence-electron chi connectivity index (χ1n) is 10.2. The molecule has 1 aliphatic carbocycles. The largest absolute Gasteiger partial charge is 0.412 e. The lowest BCUT2D eigenvalue weighted by Crippen LogP contribution is -2.32. The van der Waals surface area contributed by atoms with Crippen LogP contribution in [0.2, 0.25) is 0 Å². The smallest absolute Gasteiger partial charge is 0.291 e. The van der Waals surface area contributed by atoms with Crippen LogP contribution in [0.1, 0.15) is 44.2 Å². The second-order valence-corrected chi connectivity index (χ2v) is 6.81. The summed E-state index contributed by atoms with van der Waals surface area (Å²) in [6.07, 6.45) is 1.82. The molecule has 2 aliphatic rings. The number of ether oxygens (including phenoxy) is 1.